The second kappa shape index (κ2) is 4.72. The van der Waals surface area contributed by atoms with Crippen molar-refractivity contribution in [2.45, 2.75) is 20.8 Å². The van der Waals surface area contributed by atoms with Crippen molar-refractivity contribution >= 4 is 11.5 Å². The van der Waals surface area contributed by atoms with Crippen molar-refractivity contribution in [1.82, 2.24) is 0 Å². The number of fused-ring (bicyclic) bond motifs is 1. The van der Waals surface area contributed by atoms with Gasteiger partial charge in [0.25, 0.3) is 0 Å². The fourth-order valence-electron chi connectivity index (χ4n) is 1.91. The number of aliphatic hydroxyl groups is 1. The molecular formula is C14H16O4. The highest BCUT2D eigenvalue weighted by Crippen LogP contribution is 2.35. The van der Waals surface area contributed by atoms with Crippen LogP contribution in [0.4, 0.5) is 0 Å². The number of carbonyl (C=O) groups is 1. The first-order valence-electron chi connectivity index (χ1n) is 5.88. The van der Waals surface area contributed by atoms with Crippen LogP contribution in [0.15, 0.2) is 17.9 Å². The molecule has 0 bridgehead atoms. The Morgan fingerprint density at radius 1 is 1.39 bits per heavy atom. The lowest BCUT2D eigenvalue weighted by molar-refractivity contribution is -0.136. The zero-order valence-electron chi connectivity index (χ0n) is 10.7. The first kappa shape index (κ1) is 12.5. The number of rotatable bonds is 2. The minimum atomic E-state index is -0.511. The van der Waals surface area contributed by atoms with Gasteiger partial charge in [-0.15, -0.1) is 0 Å². The number of aryl methyl sites for hydroxylation is 2. The molecular weight excluding hydrogens is 232 g/mol. The molecule has 1 aliphatic heterocycles. The van der Waals surface area contributed by atoms with Crippen molar-refractivity contribution in [3.63, 3.8) is 0 Å². The van der Waals surface area contributed by atoms with Crippen LogP contribution in [0, 0.1) is 13.8 Å². The molecule has 4 nitrogen and oxygen atoms in total. The monoisotopic (exact) mass is 248 g/mol. The van der Waals surface area contributed by atoms with E-state index in [9.17, 15) is 9.90 Å². The number of ether oxygens (including phenoxy) is 2. The van der Waals surface area contributed by atoms with E-state index in [2.05, 4.69) is 0 Å². The average Bonchev–Trinajstić information content (AvgIpc) is 2.31. The van der Waals surface area contributed by atoms with E-state index in [1.165, 1.54) is 0 Å². The molecule has 0 saturated heterocycles. The van der Waals surface area contributed by atoms with Gasteiger partial charge >= 0.3 is 5.97 Å². The molecule has 0 saturated carbocycles. The molecule has 0 atom stereocenters. The number of hydrogen-bond acceptors (Lipinski definition) is 4. The summed E-state index contributed by atoms with van der Waals surface area (Å²) >= 11 is 0. The Labute approximate surface area is 106 Å². The maximum Gasteiger partial charge on any atom is 0.342 e. The number of hydrogen-bond donors (Lipinski definition) is 1. The third-order valence-electron chi connectivity index (χ3n) is 3.00. The molecule has 18 heavy (non-hydrogen) atoms. The highest BCUT2D eigenvalue weighted by molar-refractivity contribution is 6.18. The maximum atomic E-state index is 11.9. The Hall–Kier alpha value is -1.97. The number of esters is 1. The Morgan fingerprint density at radius 3 is 2.72 bits per heavy atom. The fourth-order valence-corrected chi connectivity index (χ4v) is 1.91. The third-order valence-corrected chi connectivity index (χ3v) is 3.00. The number of aliphatic hydroxyl groups excluding tert-OH is 1. The second-order valence-corrected chi connectivity index (χ2v) is 4.26. The maximum absolute atomic E-state index is 11.9. The molecule has 0 unspecified atom stereocenters. The van der Waals surface area contributed by atoms with Crippen molar-refractivity contribution in [3.05, 3.63) is 34.6 Å². The minimum absolute atomic E-state index is 0.00362. The first-order chi connectivity index (χ1) is 8.54. The molecule has 0 amide bonds. The molecule has 1 aromatic carbocycles. The highest BCUT2D eigenvalue weighted by atomic mass is 16.5. The van der Waals surface area contributed by atoms with E-state index in [0.717, 1.165) is 11.1 Å². The van der Waals surface area contributed by atoms with Crippen LogP contribution in [0.2, 0.25) is 0 Å². The van der Waals surface area contributed by atoms with Crippen molar-refractivity contribution in [2.75, 3.05) is 13.2 Å². The Balaban J connectivity index is 2.54. The quantitative estimate of drug-likeness (QED) is 0.817. The molecule has 0 radical (unpaired) electrons. The molecule has 0 aliphatic carbocycles. The molecule has 96 valence electrons. The molecule has 2 rings (SSSR count). The van der Waals surface area contributed by atoms with E-state index >= 15 is 0 Å². The van der Waals surface area contributed by atoms with E-state index in [1.54, 1.807) is 6.92 Å². The normalized spacial score (nSPS) is 13.9. The van der Waals surface area contributed by atoms with Gasteiger partial charge in [0, 0.05) is 5.56 Å². The standard InChI is InChI=1S/C14H16O4/c1-4-17-14(16)13-10-5-8(2)9(3)6-12(10)18-7-11(13)15/h5-6,15H,4,7H2,1-3H3. The van der Waals surface area contributed by atoms with Crippen molar-refractivity contribution < 1.29 is 19.4 Å². The van der Waals surface area contributed by atoms with E-state index in [1.807, 2.05) is 26.0 Å². The zero-order valence-corrected chi connectivity index (χ0v) is 10.7. The van der Waals surface area contributed by atoms with Gasteiger partial charge in [-0.3, -0.25) is 0 Å². The summed E-state index contributed by atoms with van der Waals surface area (Å²) in [6, 6.07) is 3.71. The van der Waals surface area contributed by atoms with E-state index < -0.39 is 5.97 Å². The molecule has 1 aliphatic rings. The summed E-state index contributed by atoms with van der Waals surface area (Å²) in [5.74, 6) is 0.0194. The second-order valence-electron chi connectivity index (χ2n) is 4.26. The van der Waals surface area contributed by atoms with Crippen molar-refractivity contribution in [2.24, 2.45) is 0 Å². The summed E-state index contributed by atoms with van der Waals surface area (Å²) in [6.07, 6.45) is 0. The lowest BCUT2D eigenvalue weighted by Gasteiger charge is -2.21. The molecule has 0 spiro atoms. The summed E-state index contributed by atoms with van der Waals surface area (Å²) in [5.41, 5.74) is 2.92. The molecule has 1 N–H and O–H groups in total. The SMILES string of the molecule is CCOC(=O)C1=C(O)COc2cc(C)c(C)cc21. The Bertz CT molecular complexity index is 529. The van der Waals surface area contributed by atoms with Gasteiger partial charge in [0.1, 0.15) is 23.7 Å². The van der Waals surface area contributed by atoms with Gasteiger partial charge in [-0.2, -0.15) is 0 Å². The highest BCUT2D eigenvalue weighted by Gasteiger charge is 2.27. The average molecular weight is 248 g/mol. The lowest BCUT2D eigenvalue weighted by Crippen LogP contribution is -2.18. The number of benzene rings is 1. The Kier molecular flexibility index (Phi) is 3.28. The van der Waals surface area contributed by atoms with Crippen molar-refractivity contribution in [1.29, 1.82) is 0 Å². The predicted octanol–water partition coefficient (Wildman–Crippen LogP) is 2.53. The molecule has 4 heteroatoms. The van der Waals surface area contributed by atoms with Gasteiger partial charge in [-0.05, 0) is 44.0 Å². The topological polar surface area (TPSA) is 55.8 Å². The molecule has 1 heterocycles. The molecule has 0 fully saturated rings. The summed E-state index contributed by atoms with van der Waals surface area (Å²) in [7, 11) is 0. The summed E-state index contributed by atoms with van der Waals surface area (Å²) in [4.78, 5) is 11.9. The lowest BCUT2D eigenvalue weighted by atomic mass is 9.97. The van der Waals surface area contributed by atoms with Crippen LogP contribution in [0.5, 0.6) is 5.75 Å². The van der Waals surface area contributed by atoms with Crippen LogP contribution in [0.25, 0.3) is 5.57 Å². The van der Waals surface area contributed by atoms with Gasteiger partial charge in [0.15, 0.2) is 0 Å². The third kappa shape index (κ3) is 2.06. The smallest absolute Gasteiger partial charge is 0.342 e. The Morgan fingerprint density at radius 2 is 2.06 bits per heavy atom. The first-order valence-corrected chi connectivity index (χ1v) is 5.88. The van der Waals surface area contributed by atoms with E-state index in [4.69, 9.17) is 9.47 Å². The van der Waals surface area contributed by atoms with Gasteiger partial charge in [0.05, 0.1) is 6.61 Å². The van der Waals surface area contributed by atoms with E-state index in [-0.39, 0.29) is 24.5 Å². The molecule has 1 aromatic rings. The van der Waals surface area contributed by atoms with Gasteiger partial charge < -0.3 is 14.6 Å². The fraction of sp³-hybridized carbons (Fsp3) is 0.357. The zero-order chi connectivity index (χ0) is 13.3. The minimum Gasteiger partial charge on any atom is -0.508 e. The largest absolute Gasteiger partial charge is 0.508 e. The molecule has 0 aromatic heterocycles. The van der Waals surface area contributed by atoms with Crippen LogP contribution < -0.4 is 4.74 Å². The van der Waals surface area contributed by atoms with Crippen LogP contribution in [0.1, 0.15) is 23.6 Å². The summed E-state index contributed by atoms with van der Waals surface area (Å²) in [6.45, 7) is 5.93. The van der Waals surface area contributed by atoms with Gasteiger partial charge in [-0.1, -0.05) is 0 Å². The van der Waals surface area contributed by atoms with Crippen LogP contribution in [-0.2, 0) is 9.53 Å². The predicted molar refractivity (Wildman–Crippen MR) is 67.6 cm³/mol. The number of carbonyl (C=O) groups excluding carboxylic acids is 1. The van der Waals surface area contributed by atoms with Crippen LogP contribution in [-0.4, -0.2) is 24.3 Å². The van der Waals surface area contributed by atoms with E-state index in [0.29, 0.717) is 11.3 Å². The summed E-state index contributed by atoms with van der Waals surface area (Å²) < 4.78 is 10.4. The van der Waals surface area contributed by atoms with Gasteiger partial charge in [-0.25, -0.2) is 4.79 Å². The van der Waals surface area contributed by atoms with Crippen LogP contribution in [0.3, 0.4) is 0 Å². The summed E-state index contributed by atoms with van der Waals surface area (Å²) in [5, 5.41) is 9.83. The van der Waals surface area contributed by atoms with Crippen molar-refractivity contribution in [3.8, 4) is 5.75 Å². The van der Waals surface area contributed by atoms with Gasteiger partial charge in [0.2, 0.25) is 0 Å². The van der Waals surface area contributed by atoms with Crippen LogP contribution >= 0.6 is 0 Å².